The Labute approximate surface area is 276 Å². The number of carbonyl (C=O) groups is 5. The molecule has 0 aromatic heterocycles. The molecular weight excluding hydrogens is 612 g/mol. The van der Waals surface area contributed by atoms with Crippen LogP contribution < -0.4 is 0 Å². The Bertz CT molecular complexity index is 1310. The van der Waals surface area contributed by atoms with Gasteiger partial charge in [-0.2, -0.15) is 0 Å². The van der Waals surface area contributed by atoms with Crippen LogP contribution in [0.2, 0.25) is 0 Å². The van der Waals surface area contributed by atoms with Gasteiger partial charge in [0.25, 0.3) is 0 Å². The Kier molecular flexibility index (Phi) is 9.87. The molecule has 0 spiro atoms. The van der Waals surface area contributed by atoms with Crippen molar-refractivity contribution in [1.29, 1.82) is 0 Å². The van der Waals surface area contributed by atoms with Gasteiger partial charge in [0.2, 0.25) is 12.4 Å². The first kappa shape index (κ1) is 35.3. The summed E-state index contributed by atoms with van der Waals surface area (Å²) in [7, 11) is 0. The van der Waals surface area contributed by atoms with Crippen LogP contribution in [-0.2, 0) is 52.4 Å². The van der Waals surface area contributed by atoms with E-state index in [4.69, 9.17) is 28.4 Å². The second-order valence-corrected chi connectivity index (χ2v) is 15.1. The van der Waals surface area contributed by atoms with Crippen molar-refractivity contribution >= 4 is 29.7 Å². The fourth-order valence-corrected chi connectivity index (χ4v) is 9.81. The van der Waals surface area contributed by atoms with Gasteiger partial charge >= 0.3 is 23.9 Å². The molecule has 262 valence electrons. The first-order valence-corrected chi connectivity index (χ1v) is 16.9. The fourth-order valence-electron chi connectivity index (χ4n) is 9.81. The van der Waals surface area contributed by atoms with Crippen molar-refractivity contribution in [3.05, 3.63) is 11.8 Å². The maximum absolute atomic E-state index is 13.5. The fraction of sp³-hybridized carbons (Fsp3) is 0.800. The van der Waals surface area contributed by atoms with E-state index in [9.17, 15) is 29.1 Å². The summed E-state index contributed by atoms with van der Waals surface area (Å²) >= 11 is 0. The highest BCUT2D eigenvalue weighted by Crippen LogP contribution is 2.68. The monoisotopic (exact) mass is 662 g/mol. The molecule has 0 radical (unpaired) electrons. The second kappa shape index (κ2) is 13.1. The van der Waals surface area contributed by atoms with Crippen molar-refractivity contribution in [2.75, 3.05) is 6.61 Å². The molecule has 12 nitrogen and oxygen atoms in total. The van der Waals surface area contributed by atoms with Crippen LogP contribution in [-0.4, -0.2) is 77.7 Å². The topological polar surface area (TPSA) is 161 Å². The van der Waals surface area contributed by atoms with Gasteiger partial charge in [-0.05, 0) is 86.4 Å². The standard InChI is InChI=1S/C35H50O12/c1-18(36)42-17-28-29(44-19(2)37)30(45-20(3)38)31(46-21(4)39)32(47-28)43-16-22-15-33(5)23(14-27(22)40)8-9-24-25(33)10-12-34(6)26(24)11-13-35(34,7)41/h16,23-26,28-32,41H,8-15,17H2,1-7H3/b22-16+/t23-,24+,25-,26-,28+,29+,30-,31+,32+,33+,34+,35+/m1/s1. The molecule has 1 heterocycles. The Balaban J connectivity index is 1.42. The van der Waals surface area contributed by atoms with Gasteiger partial charge in [0.05, 0.1) is 11.9 Å². The van der Waals surface area contributed by atoms with Crippen LogP contribution in [0.25, 0.3) is 0 Å². The van der Waals surface area contributed by atoms with Gasteiger partial charge in [-0.15, -0.1) is 0 Å². The van der Waals surface area contributed by atoms with E-state index < -0.39 is 60.2 Å². The van der Waals surface area contributed by atoms with Crippen LogP contribution in [0.5, 0.6) is 0 Å². The first-order chi connectivity index (χ1) is 22.0. The Hall–Kier alpha value is -2.99. The second-order valence-electron chi connectivity index (χ2n) is 15.1. The molecule has 1 N–H and O–H groups in total. The summed E-state index contributed by atoms with van der Waals surface area (Å²) in [4.78, 5) is 61.6. The third-order valence-electron chi connectivity index (χ3n) is 12.3. The molecule has 0 amide bonds. The molecule has 0 unspecified atom stereocenters. The molecule has 0 aromatic carbocycles. The van der Waals surface area contributed by atoms with Gasteiger partial charge in [-0.1, -0.05) is 13.8 Å². The van der Waals surface area contributed by atoms with Crippen molar-refractivity contribution in [3.8, 4) is 0 Å². The summed E-state index contributed by atoms with van der Waals surface area (Å²) in [6.45, 7) is 10.8. The van der Waals surface area contributed by atoms with E-state index in [0.29, 0.717) is 36.2 Å². The number of aliphatic hydroxyl groups is 1. The number of fused-ring (bicyclic) bond motifs is 5. The predicted octanol–water partition coefficient (Wildman–Crippen LogP) is 3.94. The maximum Gasteiger partial charge on any atom is 0.303 e. The Morgan fingerprint density at radius 2 is 1.45 bits per heavy atom. The van der Waals surface area contributed by atoms with Gasteiger partial charge < -0.3 is 33.5 Å². The zero-order valence-electron chi connectivity index (χ0n) is 28.6. The van der Waals surface area contributed by atoms with E-state index in [1.165, 1.54) is 13.2 Å². The van der Waals surface area contributed by atoms with E-state index in [1.54, 1.807) is 0 Å². The van der Waals surface area contributed by atoms with E-state index in [-0.39, 0.29) is 29.1 Å². The molecule has 12 heteroatoms. The summed E-state index contributed by atoms with van der Waals surface area (Å²) < 4.78 is 33.8. The molecule has 4 saturated carbocycles. The summed E-state index contributed by atoms with van der Waals surface area (Å²) in [5.74, 6) is -1.29. The lowest BCUT2D eigenvalue weighted by Gasteiger charge is -2.61. The summed E-state index contributed by atoms with van der Waals surface area (Å²) in [5, 5.41) is 11.3. The number of ketones is 1. The number of hydrogen-bond acceptors (Lipinski definition) is 12. The number of rotatable bonds is 7. The molecule has 47 heavy (non-hydrogen) atoms. The number of esters is 4. The number of Topliss-reactive ketones (excluding diaryl/α,β-unsaturated/α-hetero) is 1. The molecule has 12 atom stereocenters. The minimum absolute atomic E-state index is 0.0268. The maximum atomic E-state index is 13.5. The molecular formula is C35H50O12. The largest absolute Gasteiger partial charge is 0.468 e. The molecule has 0 bridgehead atoms. The summed E-state index contributed by atoms with van der Waals surface area (Å²) in [5.41, 5.74) is -0.447. The van der Waals surface area contributed by atoms with Crippen molar-refractivity contribution in [1.82, 2.24) is 0 Å². The minimum Gasteiger partial charge on any atom is -0.468 e. The third kappa shape index (κ3) is 6.69. The van der Waals surface area contributed by atoms with E-state index >= 15 is 0 Å². The van der Waals surface area contributed by atoms with Gasteiger partial charge in [0, 0.05) is 39.7 Å². The van der Waals surface area contributed by atoms with Gasteiger partial charge in [0.1, 0.15) is 12.7 Å². The quantitative estimate of drug-likeness (QED) is 0.181. The van der Waals surface area contributed by atoms with Crippen molar-refractivity contribution in [3.63, 3.8) is 0 Å². The van der Waals surface area contributed by atoms with Crippen molar-refractivity contribution in [2.24, 2.45) is 34.5 Å². The van der Waals surface area contributed by atoms with Gasteiger partial charge in [-0.3, -0.25) is 24.0 Å². The van der Waals surface area contributed by atoms with Crippen molar-refractivity contribution < 1.29 is 57.5 Å². The van der Waals surface area contributed by atoms with Crippen LogP contribution in [0.15, 0.2) is 11.8 Å². The number of allylic oxidation sites excluding steroid dienone is 1. The smallest absolute Gasteiger partial charge is 0.303 e. The molecule has 5 aliphatic rings. The van der Waals surface area contributed by atoms with Crippen LogP contribution in [0, 0.1) is 34.5 Å². The third-order valence-corrected chi connectivity index (χ3v) is 12.3. The molecule has 0 aromatic rings. The molecule has 5 fully saturated rings. The van der Waals surface area contributed by atoms with E-state index in [1.807, 2.05) is 6.92 Å². The van der Waals surface area contributed by atoms with Crippen LogP contribution in [0.3, 0.4) is 0 Å². The van der Waals surface area contributed by atoms with Crippen LogP contribution in [0.1, 0.15) is 99.8 Å². The average molecular weight is 663 g/mol. The van der Waals surface area contributed by atoms with Gasteiger partial charge in [0.15, 0.2) is 18.0 Å². The molecule has 1 aliphatic heterocycles. The lowest BCUT2D eigenvalue weighted by molar-refractivity contribution is -0.297. The van der Waals surface area contributed by atoms with Crippen LogP contribution in [0.4, 0.5) is 0 Å². The SMILES string of the molecule is CC(=O)OC[C@@H]1O[C@H](O/C=C2\C[C@@]3(C)[C@H](CC[C@H]4[C@H]3CC[C@@]3(C)[C@@H]4CC[C@]3(C)O)CC2=O)[C@@H](OC(C)=O)[C@H](OC(C)=O)[C@H]1OC(C)=O. The van der Waals surface area contributed by atoms with Crippen LogP contribution >= 0.6 is 0 Å². The lowest BCUT2D eigenvalue weighted by Crippen LogP contribution is -2.62. The predicted molar refractivity (Wildman–Crippen MR) is 164 cm³/mol. The highest BCUT2D eigenvalue weighted by atomic mass is 16.7. The summed E-state index contributed by atoms with van der Waals surface area (Å²) in [6.07, 6.45) is 1.48. The molecule has 1 saturated heterocycles. The van der Waals surface area contributed by atoms with Crippen molar-refractivity contribution in [2.45, 2.75) is 136 Å². The minimum atomic E-state index is -1.39. The Morgan fingerprint density at radius 1 is 0.830 bits per heavy atom. The zero-order valence-corrected chi connectivity index (χ0v) is 28.6. The van der Waals surface area contributed by atoms with E-state index in [0.717, 1.165) is 59.3 Å². The van der Waals surface area contributed by atoms with Gasteiger partial charge in [-0.25, -0.2) is 0 Å². The number of carbonyl (C=O) groups excluding carboxylic acids is 5. The normalized spacial score (nSPS) is 43.5. The summed E-state index contributed by atoms with van der Waals surface area (Å²) in [6, 6.07) is 0. The number of ether oxygens (including phenoxy) is 6. The number of hydrogen-bond donors (Lipinski definition) is 1. The highest BCUT2D eigenvalue weighted by molar-refractivity contribution is 5.96. The molecule has 5 rings (SSSR count). The van der Waals surface area contributed by atoms with E-state index in [2.05, 4.69) is 13.8 Å². The Morgan fingerprint density at radius 3 is 2.09 bits per heavy atom. The highest BCUT2D eigenvalue weighted by Gasteiger charge is 2.63. The zero-order chi connectivity index (χ0) is 34.5. The molecule has 4 aliphatic carbocycles. The lowest BCUT2D eigenvalue weighted by atomic mass is 9.44. The first-order valence-electron chi connectivity index (χ1n) is 16.9. The average Bonchev–Trinajstić information content (AvgIpc) is 3.21.